The van der Waals surface area contributed by atoms with Crippen LogP contribution in [0.4, 0.5) is 8.78 Å². The van der Waals surface area contributed by atoms with Crippen molar-refractivity contribution in [2.24, 2.45) is 11.3 Å². The number of nitrogens with zero attached hydrogens (tertiary/aromatic N) is 3. The van der Waals surface area contributed by atoms with Gasteiger partial charge < -0.3 is 14.3 Å². The summed E-state index contributed by atoms with van der Waals surface area (Å²) in [6.07, 6.45) is 2.09. The zero-order valence-electron chi connectivity index (χ0n) is 14.1. The molecule has 0 radical (unpaired) electrons. The Hall–Kier alpha value is -1.99. The number of hydrogen-bond acceptors (Lipinski definition) is 4. The van der Waals surface area contributed by atoms with E-state index in [4.69, 9.17) is 4.52 Å². The fourth-order valence-electron chi connectivity index (χ4n) is 4.07. The van der Waals surface area contributed by atoms with Crippen LogP contribution in [0.2, 0.25) is 0 Å². The first-order valence-corrected chi connectivity index (χ1v) is 8.68. The highest BCUT2D eigenvalue weighted by Gasteiger charge is 2.58. The highest BCUT2D eigenvalue weighted by atomic mass is 19.3. The Labute approximate surface area is 144 Å². The molecule has 0 N–H and O–H groups in total. The van der Waals surface area contributed by atoms with Crippen molar-refractivity contribution in [1.82, 2.24) is 15.0 Å². The molecule has 1 spiro atoms. The molecule has 1 aliphatic carbocycles. The first-order valence-electron chi connectivity index (χ1n) is 8.68. The van der Waals surface area contributed by atoms with E-state index in [0.29, 0.717) is 31.2 Å². The van der Waals surface area contributed by atoms with Crippen LogP contribution in [0.1, 0.15) is 41.9 Å². The fourth-order valence-corrected chi connectivity index (χ4v) is 4.07. The van der Waals surface area contributed by atoms with E-state index in [1.807, 2.05) is 0 Å². The Bertz CT molecular complexity index is 716. The van der Waals surface area contributed by atoms with Gasteiger partial charge in [-0.25, -0.2) is 8.78 Å². The molecule has 25 heavy (non-hydrogen) atoms. The topological polar surface area (TPSA) is 66.7 Å². The van der Waals surface area contributed by atoms with Crippen LogP contribution in [0.5, 0.6) is 0 Å². The number of piperidine rings is 1. The van der Waals surface area contributed by atoms with Crippen molar-refractivity contribution < 1.29 is 22.9 Å². The van der Waals surface area contributed by atoms with E-state index in [1.54, 1.807) is 11.8 Å². The van der Waals surface area contributed by atoms with Gasteiger partial charge in [-0.3, -0.25) is 9.59 Å². The average Bonchev–Trinajstić information content (AvgIpc) is 3.19. The quantitative estimate of drug-likeness (QED) is 0.835. The van der Waals surface area contributed by atoms with Gasteiger partial charge in [-0.1, -0.05) is 5.16 Å². The third kappa shape index (κ3) is 3.02. The van der Waals surface area contributed by atoms with Crippen molar-refractivity contribution in [1.29, 1.82) is 0 Å². The van der Waals surface area contributed by atoms with Crippen LogP contribution >= 0.6 is 0 Å². The minimum atomic E-state index is -3.09. The van der Waals surface area contributed by atoms with Crippen LogP contribution in [0.15, 0.2) is 10.6 Å². The SMILES string of the molecule is Cc1cc(C(=O)N2CC(F)(F)CC3(CCN(CC4CC4)C3=O)C2)no1. The number of halogens is 2. The third-order valence-corrected chi connectivity index (χ3v) is 5.42. The Morgan fingerprint density at radius 2 is 2.16 bits per heavy atom. The molecule has 4 rings (SSSR count). The van der Waals surface area contributed by atoms with E-state index >= 15 is 0 Å². The molecule has 1 aromatic rings. The van der Waals surface area contributed by atoms with Gasteiger partial charge in [0.2, 0.25) is 5.91 Å². The Kier molecular flexibility index (Phi) is 3.63. The van der Waals surface area contributed by atoms with Gasteiger partial charge in [-0.05, 0) is 32.1 Å². The van der Waals surface area contributed by atoms with Gasteiger partial charge in [0.1, 0.15) is 5.76 Å². The van der Waals surface area contributed by atoms with Gasteiger partial charge in [0.15, 0.2) is 5.69 Å². The lowest BCUT2D eigenvalue weighted by Crippen LogP contribution is -2.57. The molecule has 0 aromatic carbocycles. The number of carbonyl (C=O) groups excluding carboxylic acids is 2. The molecule has 2 saturated heterocycles. The minimum absolute atomic E-state index is 0.00522. The van der Waals surface area contributed by atoms with E-state index in [0.717, 1.165) is 17.7 Å². The molecule has 3 fully saturated rings. The molecule has 1 saturated carbocycles. The maximum Gasteiger partial charge on any atom is 0.276 e. The summed E-state index contributed by atoms with van der Waals surface area (Å²) >= 11 is 0. The van der Waals surface area contributed by atoms with Gasteiger partial charge in [0.05, 0.1) is 12.0 Å². The monoisotopic (exact) mass is 353 g/mol. The highest BCUT2D eigenvalue weighted by molar-refractivity contribution is 5.93. The predicted molar refractivity (Wildman–Crippen MR) is 83.1 cm³/mol. The molecule has 3 aliphatic rings. The normalized spacial score (nSPS) is 28.8. The Balaban J connectivity index is 1.56. The molecule has 6 nitrogen and oxygen atoms in total. The van der Waals surface area contributed by atoms with Crippen LogP contribution in [0.3, 0.4) is 0 Å². The first-order chi connectivity index (χ1) is 11.8. The van der Waals surface area contributed by atoms with Crippen molar-refractivity contribution in [2.75, 3.05) is 26.2 Å². The van der Waals surface area contributed by atoms with Crippen LogP contribution in [-0.2, 0) is 4.79 Å². The lowest BCUT2D eigenvalue weighted by Gasteiger charge is -2.42. The van der Waals surface area contributed by atoms with Crippen molar-refractivity contribution in [3.8, 4) is 0 Å². The van der Waals surface area contributed by atoms with Gasteiger partial charge in [0, 0.05) is 32.1 Å². The fraction of sp³-hybridized carbons (Fsp3) is 0.706. The number of rotatable bonds is 3. The lowest BCUT2D eigenvalue weighted by atomic mass is 9.77. The number of aryl methyl sites for hydroxylation is 1. The summed E-state index contributed by atoms with van der Waals surface area (Å²) in [5, 5.41) is 3.63. The van der Waals surface area contributed by atoms with Crippen molar-refractivity contribution >= 4 is 11.8 Å². The molecule has 1 atom stereocenters. The van der Waals surface area contributed by atoms with E-state index in [-0.39, 0.29) is 18.1 Å². The van der Waals surface area contributed by atoms with Crippen molar-refractivity contribution in [3.05, 3.63) is 17.5 Å². The zero-order valence-corrected chi connectivity index (χ0v) is 14.1. The van der Waals surface area contributed by atoms with E-state index < -0.39 is 30.2 Å². The highest BCUT2D eigenvalue weighted by Crippen LogP contribution is 2.46. The van der Waals surface area contributed by atoms with Gasteiger partial charge >= 0.3 is 0 Å². The molecule has 0 bridgehead atoms. The molecule has 1 aromatic heterocycles. The molecule has 3 heterocycles. The largest absolute Gasteiger partial charge is 0.361 e. The second kappa shape index (κ2) is 5.51. The minimum Gasteiger partial charge on any atom is -0.361 e. The molecular formula is C17H21F2N3O3. The molecule has 8 heteroatoms. The molecule has 136 valence electrons. The maximum atomic E-state index is 14.4. The lowest BCUT2D eigenvalue weighted by molar-refractivity contribution is -0.151. The Morgan fingerprint density at radius 1 is 1.40 bits per heavy atom. The number of aromatic nitrogens is 1. The first kappa shape index (κ1) is 16.5. The summed E-state index contributed by atoms with van der Waals surface area (Å²) in [4.78, 5) is 28.2. The van der Waals surface area contributed by atoms with Gasteiger partial charge in [-0.2, -0.15) is 0 Å². The summed E-state index contributed by atoms with van der Waals surface area (Å²) < 4.78 is 33.7. The predicted octanol–water partition coefficient (Wildman–Crippen LogP) is 2.09. The number of alkyl halides is 2. The summed E-state index contributed by atoms with van der Waals surface area (Å²) in [5.41, 5.74) is -1.17. The van der Waals surface area contributed by atoms with E-state index in [9.17, 15) is 18.4 Å². The molecule has 2 amide bonds. The van der Waals surface area contributed by atoms with Crippen LogP contribution in [0, 0.1) is 18.3 Å². The number of hydrogen-bond donors (Lipinski definition) is 0. The van der Waals surface area contributed by atoms with Crippen molar-refractivity contribution in [3.63, 3.8) is 0 Å². The smallest absolute Gasteiger partial charge is 0.276 e. The van der Waals surface area contributed by atoms with Crippen molar-refractivity contribution in [2.45, 2.75) is 38.5 Å². The van der Waals surface area contributed by atoms with Gasteiger partial charge in [0.25, 0.3) is 11.8 Å². The molecule has 1 unspecified atom stereocenters. The van der Waals surface area contributed by atoms with Crippen LogP contribution in [0.25, 0.3) is 0 Å². The second-order valence-electron chi connectivity index (χ2n) is 7.74. The summed E-state index contributed by atoms with van der Waals surface area (Å²) in [6.45, 7) is 2.12. The van der Waals surface area contributed by atoms with E-state index in [1.165, 1.54) is 6.07 Å². The third-order valence-electron chi connectivity index (χ3n) is 5.42. The maximum absolute atomic E-state index is 14.4. The Morgan fingerprint density at radius 3 is 2.80 bits per heavy atom. The molecule has 2 aliphatic heterocycles. The van der Waals surface area contributed by atoms with Crippen LogP contribution < -0.4 is 0 Å². The average molecular weight is 353 g/mol. The van der Waals surface area contributed by atoms with Crippen LogP contribution in [-0.4, -0.2) is 58.9 Å². The second-order valence-corrected chi connectivity index (χ2v) is 7.74. The molecular weight excluding hydrogens is 332 g/mol. The summed E-state index contributed by atoms with van der Waals surface area (Å²) in [7, 11) is 0. The summed E-state index contributed by atoms with van der Waals surface area (Å²) in [5.74, 6) is -2.97. The van der Waals surface area contributed by atoms with Gasteiger partial charge in [-0.15, -0.1) is 0 Å². The number of carbonyl (C=O) groups is 2. The van der Waals surface area contributed by atoms with E-state index in [2.05, 4.69) is 5.16 Å². The summed E-state index contributed by atoms with van der Waals surface area (Å²) in [6, 6.07) is 1.43. The number of likely N-dealkylation sites (tertiary alicyclic amines) is 2. The number of amides is 2. The zero-order chi connectivity index (χ0) is 17.8. The standard InChI is InChI=1S/C17H21F2N3O3/c1-11-6-13(20-25-11)14(23)22-9-16(8-17(18,19)10-22)4-5-21(15(16)24)7-12-2-3-12/h6,12H,2-5,7-10H2,1H3.